The number of ether oxygens (including phenoxy) is 4. The molecule has 0 aliphatic heterocycles. The van der Waals surface area contributed by atoms with Gasteiger partial charge in [-0.15, -0.1) is 0 Å². The zero-order valence-corrected chi connectivity index (χ0v) is 18.5. The quantitative estimate of drug-likeness (QED) is 0.499. The normalized spacial score (nSPS) is 10.3. The minimum absolute atomic E-state index is 0.312. The van der Waals surface area contributed by atoms with Gasteiger partial charge in [0.25, 0.3) is 0 Å². The highest BCUT2D eigenvalue weighted by Gasteiger charge is 2.25. The Balaban J connectivity index is 2.25. The second-order valence-corrected chi connectivity index (χ2v) is 6.87. The fraction of sp³-hybridized carbons (Fsp3) is 0.280. The molecule has 1 aromatic heterocycles. The molecule has 31 heavy (non-hydrogen) atoms. The first-order valence-electron chi connectivity index (χ1n) is 10.0. The van der Waals surface area contributed by atoms with Crippen LogP contribution in [0.1, 0.15) is 29.3 Å². The van der Waals surface area contributed by atoms with E-state index in [9.17, 15) is 5.26 Å². The van der Waals surface area contributed by atoms with Crippen LogP contribution in [-0.4, -0.2) is 25.8 Å². The Morgan fingerprint density at radius 2 is 1.68 bits per heavy atom. The van der Waals surface area contributed by atoms with Gasteiger partial charge in [0, 0.05) is 16.8 Å². The van der Waals surface area contributed by atoms with Crippen molar-refractivity contribution in [3.8, 4) is 40.3 Å². The number of nitriles is 1. The molecule has 0 fully saturated rings. The van der Waals surface area contributed by atoms with Crippen molar-refractivity contribution in [3.05, 3.63) is 64.8 Å². The van der Waals surface area contributed by atoms with E-state index in [1.165, 1.54) is 0 Å². The summed E-state index contributed by atoms with van der Waals surface area (Å²) in [7, 11) is 3.15. The summed E-state index contributed by atoms with van der Waals surface area (Å²) in [5.74, 6) is 1.82. The van der Waals surface area contributed by atoms with Crippen LogP contribution < -0.4 is 18.9 Å². The number of aromatic nitrogens is 1. The van der Waals surface area contributed by atoms with Gasteiger partial charge in [-0.3, -0.25) is 0 Å². The first-order valence-corrected chi connectivity index (χ1v) is 10.0. The third-order valence-electron chi connectivity index (χ3n) is 5.04. The van der Waals surface area contributed by atoms with E-state index in [1.54, 1.807) is 20.3 Å². The summed E-state index contributed by atoms with van der Waals surface area (Å²) in [4.78, 5) is 4.48. The van der Waals surface area contributed by atoms with Crippen LogP contribution in [-0.2, 0) is 6.61 Å². The molecule has 0 atom stereocenters. The topological polar surface area (TPSA) is 73.6 Å². The monoisotopic (exact) mass is 418 g/mol. The van der Waals surface area contributed by atoms with Crippen molar-refractivity contribution >= 4 is 0 Å². The highest BCUT2D eigenvalue weighted by atomic mass is 16.5. The van der Waals surface area contributed by atoms with E-state index >= 15 is 0 Å². The molecule has 160 valence electrons. The minimum Gasteiger partial charge on any atom is -0.493 e. The number of nitrogens with zero attached hydrogens (tertiary/aromatic N) is 2. The Hall–Kier alpha value is -3.72. The molecule has 0 unspecified atom stereocenters. The van der Waals surface area contributed by atoms with Crippen LogP contribution in [0.25, 0.3) is 11.1 Å². The zero-order valence-electron chi connectivity index (χ0n) is 18.5. The Morgan fingerprint density at radius 3 is 2.29 bits per heavy atom. The van der Waals surface area contributed by atoms with E-state index in [2.05, 4.69) is 11.1 Å². The van der Waals surface area contributed by atoms with Crippen molar-refractivity contribution in [2.75, 3.05) is 20.8 Å². The van der Waals surface area contributed by atoms with Crippen LogP contribution in [0.3, 0.4) is 0 Å². The Labute approximate surface area is 183 Å². The van der Waals surface area contributed by atoms with Crippen LogP contribution >= 0.6 is 0 Å². The first-order chi connectivity index (χ1) is 15.0. The standard InChI is InChI=1S/C25H26N2O4/c1-6-30-25-20(14-26)22(16(2)17(3)27-25)19-12-13-21(28-4)24(29-5)23(19)31-15-18-10-8-7-9-11-18/h7-13H,6,15H2,1-5H3. The highest BCUT2D eigenvalue weighted by Crippen LogP contribution is 2.47. The molecule has 2 aromatic carbocycles. The fourth-order valence-electron chi connectivity index (χ4n) is 3.42. The van der Waals surface area contributed by atoms with Crippen LogP contribution in [0.5, 0.6) is 23.1 Å². The van der Waals surface area contributed by atoms with Crippen LogP contribution in [0.4, 0.5) is 0 Å². The Kier molecular flexibility index (Phi) is 6.99. The number of hydrogen-bond donors (Lipinski definition) is 0. The summed E-state index contributed by atoms with van der Waals surface area (Å²) in [5, 5.41) is 9.96. The molecule has 1 heterocycles. The van der Waals surface area contributed by atoms with Gasteiger partial charge in [-0.05, 0) is 44.0 Å². The highest BCUT2D eigenvalue weighted by molar-refractivity contribution is 5.83. The van der Waals surface area contributed by atoms with Crippen molar-refractivity contribution in [1.29, 1.82) is 5.26 Å². The van der Waals surface area contributed by atoms with E-state index in [0.29, 0.717) is 53.0 Å². The molecule has 3 rings (SSSR count). The summed E-state index contributed by atoms with van der Waals surface area (Å²) in [5.41, 5.74) is 4.45. The molecule has 0 saturated carbocycles. The fourth-order valence-corrected chi connectivity index (χ4v) is 3.42. The van der Waals surface area contributed by atoms with Gasteiger partial charge in [0.2, 0.25) is 11.6 Å². The lowest BCUT2D eigenvalue weighted by atomic mass is 9.94. The zero-order chi connectivity index (χ0) is 22.4. The van der Waals surface area contributed by atoms with E-state index < -0.39 is 0 Å². The summed E-state index contributed by atoms with van der Waals surface area (Å²) in [6.07, 6.45) is 0. The van der Waals surface area contributed by atoms with Crippen molar-refractivity contribution in [3.63, 3.8) is 0 Å². The lowest BCUT2D eigenvalue weighted by molar-refractivity contribution is 0.276. The molecule has 0 radical (unpaired) electrons. The van der Waals surface area contributed by atoms with Gasteiger partial charge in [0.15, 0.2) is 11.5 Å². The van der Waals surface area contributed by atoms with E-state index in [-0.39, 0.29) is 0 Å². The maximum Gasteiger partial charge on any atom is 0.232 e. The van der Waals surface area contributed by atoms with E-state index in [1.807, 2.05) is 57.2 Å². The number of benzene rings is 2. The number of methoxy groups -OCH3 is 2. The predicted molar refractivity (Wildman–Crippen MR) is 119 cm³/mol. The predicted octanol–water partition coefficient (Wildman–Crippen LogP) is 5.23. The number of rotatable bonds is 8. The molecule has 0 spiro atoms. The van der Waals surface area contributed by atoms with Crippen molar-refractivity contribution in [1.82, 2.24) is 4.98 Å². The maximum atomic E-state index is 9.96. The average Bonchev–Trinajstić information content (AvgIpc) is 2.80. The molecule has 0 aliphatic carbocycles. The summed E-state index contributed by atoms with van der Waals surface area (Å²) in [6.45, 7) is 6.44. The van der Waals surface area contributed by atoms with Crippen LogP contribution in [0.15, 0.2) is 42.5 Å². The molecule has 0 bridgehead atoms. The molecule has 6 heteroatoms. The van der Waals surface area contributed by atoms with Gasteiger partial charge >= 0.3 is 0 Å². The Morgan fingerprint density at radius 1 is 0.935 bits per heavy atom. The molecule has 6 nitrogen and oxygen atoms in total. The van der Waals surface area contributed by atoms with Gasteiger partial charge in [0.05, 0.1) is 20.8 Å². The second kappa shape index (κ2) is 9.86. The lowest BCUT2D eigenvalue weighted by Crippen LogP contribution is -2.06. The molecular formula is C25H26N2O4. The van der Waals surface area contributed by atoms with Gasteiger partial charge in [-0.1, -0.05) is 30.3 Å². The number of hydrogen-bond acceptors (Lipinski definition) is 6. The van der Waals surface area contributed by atoms with Gasteiger partial charge in [-0.25, -0.2) is 4.98 Å². The summed E-state index contributed by atoms with van der Waals surface area (Å²) in [6, 6.07) is 15.8. The molecular weight excluding hydrogens is 392 g/mol. The molecule has 0 saturated heterocycles. The second-order valence-electron chi connectivity index (χ2n) is 6.87. The Bertz CT molecular complexity index is 1100. The maximum absolute atomic E-state index is 9.96. The summed E-state index contributed by atoms with van der Waals surface area (Å²) < 4.78 is 23.1. The molecule has 3 aromatic rings. The van der Waals surface area contributed by atoms with E-state index in [4.69, 9.17) is 18.9 Å². The third kappa shape index (κ3) is 4.41. The van der Waals surface area contributed by atoms with Crippen molar-refractivity contribution < 1.29 is 18.9 Å². The number of aryl methyl sites for hydroxylation is 1. The van der Waals surface area contributed by atoms with Crippen LogP contribution in [0, 0.1) is 25.2 Å². The van der Waals surface area contributed by atoms with Crippen LogP contribution in [0.2, 0.25) is 0 Å². The largest absolute Gasteiger partial charge is 0.493 e. The lowest BCUT2D eigenvalue weighted by Gasteiger charge is -2.21. The van der Waals surface area contributed by atoms with Crippen molar-refractivity contribution in [2.24, 2.45) is 0 Å². The van der Waals surface area contributed by atoms with Gasteiger partial charge in [-0.2, -0.15) is 5.26 Å². The third-order valence-corrected chi connectivity index (χ3v) is 5.04. The van der Waals surface area contributed by atoms with Crippen molar-refractivity contribution in [2.45, 2.75) is 27.4 Å². The number of pyridine rings is 1. The molecule has 0 amide bonds. The van der Waals surface area contributed by atoms with E-state index in [0.717, 1.165) is 16.8 Å². The van der Waals surface area contributed by atoms with Gasteiger partial charge < -0.3 is 18.9 Å². The molecule has 0 N–H and O–H groups in total. The first kappa shape index (κ1) is 22.0. The minimum atomic E-state index is 0.312. The smallest absolute Gasteiger partial charge is 0.232 e. The van der Waals surface area contributed by atoms with Gasteiger partial charge in [0.1, 0.15) is 18.2 Å². The summed E-state index contributed by atoms with van der Waals surface area (Å²) >= 11 is 0. The SMILES string of the molecule is CCOc1nc(C)c(C)c(-c2ccc(OC)c(OC)c2OCc2ccccc2)c1C#N. The molecule has 0 aliphatic rings. The average molecular weight is 418 g/mol.